The van der Waals surface area contributed by atoms with Crippen LogP contribution in [0.4, 0.5) is 11.5 Å². The van der Waals surface area contributed by atoms with Crippen molar-refractivity contribution in [3.8, 4) is 11.4 Å². The van der Waals surface area contributed by atoms with E-state index in [2.05, 4.69) is 35.9 Å². The maximum Gasteiger partial charge on any atom is 0.230 e. The van der Waals surface area contributed by atoms with Gasteiger partial charge in [-0.2, -0.15) is 0 Å². The van der Waals surface area contributed by atoms with Crippen LogP contribution in [0, 0.1) is 5.92 Å². The third-order valence-electron chi connectivity index (χ3n) is 6.36. The average molecular weight is 486 g/mol. The smallest absolute Gasteiger partial charge is 0.230 e. The Balaban J connectivity index is 0.000000325. The van der Waals surface area contributed by atoms with Crippen molar-refractivity contribution in [2.45, 2.75) is 31.7 Å². The number of H-pyrrole nitrogens is 1. The van der Waals surface area contributed by atoms with Crippen LogP contribution in [-0.2, 0) is 4.79 Å². The highest BCUT2D eigenvalue weighted by Gasteiger charge is 2.30. The van der Waals surface area contributed by atoms with Crippen molar-refractivity contribution in [3.63, 3.8) is 0 Å². The van der Waals surface area contributed by atoms with Crippen molar-refractivity contribution in [2.75, 3.05) is 24.7 Å². The summed E-state index contributed by atoms with van der Waals surface area (Å²) in [7, 11) is 3.82. The number of benzene rings is 1. The Kier molecular flexibility index (Phi) is 8.36. The lowest BCUT2D eigenvalue weighted by atomic mass is 9.84. The molecule has 1 saturated carbocycles. The number of rotatable bonds is 6. The molecule has 9 nitrogen and oxygen atoms in total. The summed E-state index contributed by atoms with van der Waals surface area (Å²) in [4.78, 5) is 38.8. The van der Waals surface area contributed by atoms with Crippen LogP contribution in [0.5, 0.6) is 0 Å². The van der Waals surface area contributed by atoms with Crippen molar-refractivity contribution in [1.29, 1.82) is 0 Å². The molecule has 1 fully saturated rings. The molecule has 0 aliphatic heterocycles. The van der Waals surface area contributed by atoms with Crippen molar-refractivity contribution >= 4 is 34.7 Å². The number of carbonyl (C=O) groups is 2. The van der Waals surface area contributed by atoms with E-state index in [-0.39, 0.29) is 17.9 Å². The number of aromatic nitrogens is 4. The highest BCUT2D eigenvalue weighted by Crippen LogP contribution is 2.26. The third kappa shape index (κ3) is 6.11. The number of hydrogen-bond donors (Lipinski definition) is 4. The zero-order chi connectivity index (χ0) is 25.3. The number of anilines is 2. The Morgan fingerprint density at radius 2 is 1.89 bits per heavy atom. The first-order valence-electron chi connectivity index (χ1n) is 12.1. The molecule has 0 spiro atoms. The minimum absolute atomic E-state index is 0.0170. The largest absolute Gasteiger partial charge is 0.388 e. The van der Waals surface area contributed by atoms with Gasteiger partial charge < -0.3 is 20.9 Å². The van der Waals surface area contributed by atoms with E-state index < -0.39 is 0 Å². The van der Waals surface area contributed by atoms with Gasteiger partial charge in [0, 0.05) is 48.4 Å². The van der Waals surface area contributed by atoms with E-state index in [1.807, 2.05) is 44.4 Å². The Hall–Kier alpha value is -4.11. The number of hydrogen-bond acceptors (Lipinski definition) is 7. The maximum absolute atomic E-state index is 12.7. The molecular formula is C27H31N7O2. The van der Waals surface area contributed by atoms with E-state index in [0.29, 0.717) is 11.4 Å². The molecule has 1 amide bonds. The Labute approximate surface area is 210 Å². The number of aromatic amines is 1. The van der Waals surface area contributed by atoms with Gasteiger partial charge in [-0.15, -0.1) is 0 Å². The lowest BCUT2D eigenvalue weighted by molar-refractivity contribution is -0.121. The Morgan fingerprint density at radius 3 is 2.56 bits per heavy atom. The number of aldehydes is 1. The van der Waals surface area contributed by atoms with Gasteiger partial charge in [0.05, 0.1) is 23.1 Å². The van der Waals surface area contributed by atoms with Crippen LogP contribution in [0.15, 0.2) is 61.1 Å². The number of amides is 1. The minimum Gasteiger partial charge on any atom is -0.388 e. The zero-order valence-corrected chi connectivity index (χ0v) is 20.5. The molecule has 0 saturated heterocycles. The summed E-state index contributed by atoms with van der Waals surface area (Å²) in [6, 6.07) is 13.5. The summed E-state index contributed by atoms with van der Waals surface area (Å²) >= 11 is 0. The van der Waals surface area contributed by atoms with Gasteiger partial charge in [0.25, 0.3) is 0 Å². The molecule has 0 bridgehead atoms. The molecule has 3 aromatic heterocycles. The van der Waals surface area contributed by atoms with E-state index in [9.17, 15) is 9.59 Å². The second-order valence-corrected chi connectivity index (χ2v) is 8.68. The molecule has 4 aromatic rings. The van der Waals surface area contributed by atoms with Crippen molar-refractivity contribution < 1.29 is 9.59 Å². The van der Waals surface area contributed by atoms with Crippen LogP contribution in [-0.4, -0.2) is 52.3 Å². The fourth-order valence-corrected chi connectivity index (χ4v) is 4.36. The minimum atomic E-state index is -0.0170. The van der Waals surface area contributed by atoms with E-state index in [4.69, 9.17) is 0 Å². The van der Waals surface area contributed by atoms with Crippen LogP contribution >= 0.6 is 0 Å². The molecule has 2 atom stereocenters. The topological polar surface area (TPSA) is 125 Å². The Bertz CT molecular complexity index is 1290. The third-order valence-corrected chi connectivity index (χ3v) is 6.36. The summed E-state index contributed by atoms with van der Waals surface area (Å²) in [5, 5.41) is 9.36. The molecule has 5 rings (SSSR count). The first kappa shape index (κ1) is 25.0. The molecule has 9 heteroatoms. The fourth-order valence-electron chi connectivity index (χ4n) is 4.36. The first-order chi connectivity index (χ1) is 17.6. The highest BCUT2D eigenvalue weighted by atomic mass is 16.2. The van der Waals surface area contributed by atoms with Crippen LogP contribution in [0.25, 0.3) is 22.4 Å². The SMILES string of the molecule is CNc1ccc(-c2nc3cc(NC(=O)C4CCCCC4NC)ncc3[nH]2)cc1.O=Cc1cccnc1. The molecule has 0 radical (unpaired) electrons. The normalized spacial score (nSPS) is 17.1. The number of carbonyl (C=O) groups excluding carboxylic acids is 2. The average Bonchev–Trinajstić information content (AvgIpc) is 3.37. The van der Waals surface area contributed by atoms with E-state index in [0.717, 1.165) is 53.7 Å². The van der Waals surface area contributed by atoms with E-state index in [1.54, 1.807) is 24.5 Å². The summed E-state index contributed by atoms with van der Waals surface area (Å²) in [6.07, 6.45) is 9.86. The van der Waals surface area contributed by atoms with Crippen LogP contribution in [0.2, 0.25) is 0 Å². The van der Waals surface area contributed by atoms with Gasteiger partial charge in [0.15, 0.2) is 6.29 Å². The summed E-state index contributed by atoms with van der Waals surface area (Å²) < 4.78 is 0. The highest BCUT2D eigenvalue weighted by molar-refractivity contribution is 5.94. The van der Waals surface area contributed by atoms with Gasteiger partial charge in [-0.1, -0.05) is 12.8 Å². The molecular weight excluding hydrogens is 454 g/mol. The number of pyridine rings is 2. The number of nitrogens with one attached hydrogen (secondary N) is 4. The van der Waals surface area contributed by atoms with Crippen LogP contribution in [0.1, 0.15) is 36.0 Å². The molecule has 3 heterocycles. The first-order valence-corrected chi connectivity index (χ1v) is 12.1. The molecule has 2 unspecified atom stereocenters. The molecule has 4 N–H and O–H groups in total. The van der Waals surface area contributed by atoms with Gasteiger partial charge in [-0.3, -0.25) is 14.6 Å². The molecule has 36 heavy (non-hydrogen) atoms. The monoisotopic (exact) mass is 485 g/mol. The van der Waals surface area contributed by atoms with Crippen molar-refractivity contribution in [3.05, 3.63) is 66.6 Å². The second-order valence-electron chi connectivity index (χ2n) is 8.68. The van der Waals surface area contributed by atoms with Crippen molar-refractivity contribution in [1.82, 2.24) is 25.3 Å². The van der Waals surface area contributed by atoms with Gasteiger partial charge in [-0.25, -0.2) is 9.97 Å². The molecule has 1 aliphatic carbocycles. The summed E-state index contributed by atoms with van der Waals surface area (Å²) in [5.74, 6) is 1.34. The quantitative estimate of drug-likeness (QED) is 0.301. The van der Waals surface area contributed by atoms with E-state index in [1.165, 1.54) is 12.6 Å². The van der Waals surface area contributed by atoms with Gasteiger partial charge in [0.2, 0.25) is 5.91 Å². The molecule has 1 aliphatic rings. The van der Waals surface area contributed by atoms with Crippen molar-refractivity contribution in [2.24, 2.45) is 5.92 Å². The lowest BCUT2D eigenvalue weighted by Crippen LogP contribution is -2.42. The zero-order valence-electron chi connectivity index (χ0n) is 20.5. The predicted molar refractivity (Wildman–Crippen MR) is 142 cm³/mol. The number of nitrogens with zero attached hydrogens (tertiary/aromatic N) is 3. The summed E-state index contributed by atoms with van der Waals surface area (Å²) in [5.41, 5.74) is 4.30. The number of fused-ring (bicyclic) bond motifs is 1. The standard InChI is InChI=1S/C21H26N6O.C6H5NO/c1-22-14-9-7-13(8-10-14)20-25-17-11-19(24-12-18(17)26-20)27-21(28)15-5-3-4-6-16(15)23-2;8-5-6-2-1-3-7-4-6/h7-12,15-16,22-23H,3-6H2,1-2H3,(H,25,26)(H,24,27,28);1-5H. The molecule has 1 aromatic carbocycles. The fraction of sp³-hybridized carbons (Fsp3) is 0.296. The van der Waals surface area contributed by atoms with Gasteiger partial charge >= 0.3 is 0 Å². The summed E-state index contributed by atoms with van der Waals surface area (Å²) in [6.45, 7) is 0. The number of imidazole rings is 1. The van der Waals surface area contributed by atoms with E-state index >= 15 is 0 Å². The lowest BCUT2D eigenvalue weighted by Gasteiger charge is -2.30. The van der Waals surface area contributed by atoms with Gasteiger partial charge in [0.1, 0.15) is 11.6 Å². The Morgan fingerprint density at radius 1 is 1.08 bits per heavy atom. The van der Waals surface area contributed by atoms with Gasteiger partial charge in [-0.05, 0) is 56.3 Å². The second kappa shape index (κ2) is 12.0. The van der Waals surface area contributed by atoms with Crippen LogP contribution < -0.4 is 16.0 Å². The maximum atomic E-state index is 12.7. The molecule has 186 valence electrons. The van der Waals surface area contributed by atoms with Crippen LogP contribution in [0.3, 0.4) is 0 Å². The predicted octanol–water partition coefficient (Wildman–Crippen LogP) is 4.28.